The van der Waals surface area contributed by atoms with E-state index in [1.165, 1.54) is 7.11 Å². The molecule has 1 saturated heterocycles. The summed E-state index contributed by atoms with van der Waals surface area (Å²) in [5.41, 5.74) is 2.81. The molecule has 0 atom stereocenters. The molecule has 1 aromatic heterocycles. The van der Waals surface area contributed by atoms with Crippen LogP contribution in [0.25, 0.3) is 10.9 Å². The van der Waals surface area contributed by atoms with Gasteiger partial charge in [0.1, 0.15) is 17.0 Å². The molecule has 1 N–H and O–H groups in total. The van der Waals surface area contributed by atoms with Gasteiger partial charge in [0.2, 0.25) is 0 Å². The van der Waals surface area contributed by atoms with Gasteiger partial charge in [0.05, 0.1) is 25.5 Å². The number of nitrogens with one attached hydrogen (secondary N) is 1. The number of carbonyl (C=O) groups is 2. The molecular weight excluding hydrogens is 414 g/mol. The number of nitrogens with zero attached hydrogens (tertiary/aromatic N) is 2. The zero-order valence-corrected chi connectivity index (χ0v) is 18.2. The Hall–Kier alpha value is -3.26. The van der Waals surface area contributed by atoms with Gasteiger partial charge in [-0.2, -0.15) is 11.8 Å². The molecule has 0 aliphatic carbocycles. The van der Waals surface area contributed by atoms with Crippen molar-refractivity contribution >= 4 is 45.9 Å². The van der Waals surface area contributed by atoms with Crippen LogP contribution in [-0.2, 0) is 4.74 Å². The minimum atomic E-state index is -0.413. The van der Waals surface area contributed by atoms with Crippen molar-refractivity contribution in [2.45, 2.75) is 0 Å². The highest BCUT2D eigenvalue weighted by molar-refractivity contribution is 7.99. The summed E-state index contributed by atoms with van der Waals surface area (Å²) in [5, 5.41) is 4.15. The first-order chi connectivity index (χ1) is 15.1. The van der Waals surface area contributed by atoms with E-state index in [9.17, 15) is 9.59 Å². The van der Waals surface area contributed by atoms with E-state index in [1.54, 1.807) is 31.4 Å². The van der Waals surface area contributed by atoms with Crippen LogP contribution in [0.5, 0.6) is 5.75 Å². The van der Waals surface area contributed by atoms with Gasteiger partial charge in [-0.25, -0.2) is 9.78 Å². The lowest BCUT2D eigenvalue weighted by molar-refractivity contribution is 0.0600. The number of esters is 1. The monoisotopic (exact) mass is 437 g/mol. The summed E-state index contributed by atoms with van der Waals surface area (Å²) in [7, 11) is 2.93. The summed E-state index contributed by atoms with van der Waals surface area (Å²) in [5.74, 6) is 1.93. The van der Waals surface area contributed by atoms with E-state index >= 15 is 0 Å². The highest BCUT2D eigenvalue weighted by atomic mass is 32.2. The Morgan fingerprint density at radius 2 is 1.84 bits per heavy atom. The number of hydrogen-bond acceptors (Lipinski definition) is 7. The maximum atomic E-state index is 13.2. The van der Waals surface area contributed by atoms with Crippen molar-refractivity contribution in [1.29, 1.82) is 0 Å². The van der Waals surface area contributed by atoms with Crippen LogP contribution in [0.3, 0.4) is 0 Å². The third-order valence-electron chi connectivity index (χ3n) is 5.10. The Bertz CT molecular complexity index is 1130. The second-order valence-electron chi connectivity index (χ2n) is 7.01. The zero-order chi connectivity index (χ0) is 21.8. The summed E-state index contributed by atoms with van der Waals surface area (Å²) < 4.78 is 10.3. The van der Waals surface area contributed by atoms with Crippen LogP contribution in [0.15, 0.2) is 48.5 Å². The summed E-state index contributed by atoms with van der Waals surface area (Å²) in [6.45, 7) is 1.41. The van der Waals surface area contributed by atoms with Gasteiger partial charge in [0.25, 0.3) is 5.91 Å². The normalized spacial score (nSPS) is 13.7. The van der Waals surface area contributed by atoms with Crippen molar-refractivity contribution in [3.63, 3.8) is 0 Å². The molecular formula is C23H23N3O4S. The highest BCUT2D eigenvalue weighted by Crippen LogP contribution is 2.32. The van der Waals surface area contributed by atoms with Crippen molar-refractivity contribution in [2.24, 2.45) is 0 Å². The fourth-order valence-corrected chi connectivity index (χ4v) is 4.43. The number of methoxy groups -OCH3 is 2. The molecule has 1 fully saturated rings. The Labute approximate surface area is 184 Å². The fraction of sp³-hybridized carbons (Fsp3) is 0.261. The topological polar surface area (TPSA) is 80.8 Å². The van der Waals surface area contributed by atoms with Gasteiger partial charge in [-0.15, -0.1) is 0 Å². The molecule has 1 amide bonds. The van der Waals surface area contributed by atoms with Gasteiger partial charge in [0, 0.05) is 35.7 Å². The number of amides is 1. The lowest BCUT2D eigenvalue weighted by atomic mass is 10.1. The van der Waals surface area contributed by atoms with Crippen LogP contribution in [0.4, 0.5) is 11.4 Å². The van der Waals surface area contributed by atoms with E-state index in [2.05, 4.69) is 10.3 Å². The Morgan fingerprint density at radius 1 is 1.06 bits per heavy atom. The molecule has 4 rings (SSSR count). The molecule has 1 aliphatic heterocycles. The number of rotatable bonds is 5. The molecule has 2 heterocycles. The van der Waals surface area contributed by atoms with Crippen molar-refractivity contribution < 1.29 is 19.1 Å². The van der Waals surface area contributed by atoms with Gasteiger partial charge in [-0.05, 0) is 30.3 Å². The van der Waals surface area contributed by atoms with Crippen LogP contribution in [0.2, 0.25) is 0 Å². The predicted octanol–water partition coefficient (Wildman–Crippen LogP) is 3.96. The van der Waals surface area contributed by atoms with Crippen LogP contribution in [0.1, 0.15) is 20.8 Å². The van der Waals surface area contributed by atoms with Crippen LogP contribution < -0.4 is 10.1 Å². The number of anilines is 2. The molecule has 0 radical (unpaired) electrons. The lowest BCUT2D eigenvalue weighted by Gasteiger charge is -2.26. The van der Waals surface area contributed by atoms with Crippen molar-refractivity contribution in [3.8, 4) is 5.75 Å². The Balaban J connectivity index is 1.78. The number of carbonyl (C=O) groups excluding carboxylic acids is 2. The van der Waals surface area contributed by atoms with Gasteiger partial charge in [-0.3, -0.25) is 4.79 Å². The van der Waals surface area contributed by atoms with E-state index in [4.69, 9.17) is 9.47 Å². The zero-order valence-electron chi connectivity index (χ0n) is 17.4. The van der Waals surface area contributed by atoms with Crippen molar-refractivity contribution in [2.75, 3.05) is 44.1 Å². The molecule has 7 nitrogen and oxygen atoms in total. The van der Waals surface area contributed by atoms with Gasteiger partial charge in [0.15, 0.2) is 0 Å². The average Bonchev–Trinajstić information content (AvgIpc) is 2.83. The number of aromatic nitrogens is 1. The molecule has 0 unspecified atom stereocenters. The molecule has 2 aromatic carbocycles. The molecule has 0 bridgehead atoms. The maximum Gasteiger partial charge on any atom is 0.337 e. The number of fused-ring (bicyclic) bond motifs is 1. The average molecular weight is 438 g/mol. The second-order valence-corrected chi connectivity index (χ2v) is 8.24. The standard InChI is InChI=1S/C23H23N3O4S/c1-29-20-8-4-7-17-18(24-16-6-3-5-15(13-16)23(28)30-2)14-19(25-21(17)20)22(27)26-9-11-31-12-10-26/h3-8,13-14H,9-12H2,1-2H3,(H,24,25). The first-order valence-corrected chi connectivity index (χ1v) is 11.1. The lowest BCUT2D eigenvalue weighted by Crippen LogP contribution is -2.38. The van der Waals surface area contributed by atoms with Crippen LogP contribution in [-0.4, -0.2) is 60.6 Å². The van der Waals surface area contributed by atoms with E-state index in [1.807, 2.05) is 40.9 Å². The molecule has 0 spiro atoms. The van der Waals surface area contributed by atoms with Crippen molar-refractivity contribution in [3.05, 3.63) is 59.8 Å². The number of hydrogen-bond donors (Lipinski definition) is 1. The van der Waals surface area contributed by atoms with E-state index < -0.39 is 5.97 Å². The predicted molar refractivity (Wildman–Crippen MR) is 123 cm³/mol. The Morgan fingerprint density at radius 3 is 2.58 bits per heavy atom. The van der Waals surface area contributed by atoms with Gasteiger partial charge < -0.3 is 19.7 Å². The maximum absolute atomic E-state index is 13.2. The third kappa shape index (κ3) is 4.44. The first-order valence-electron chi connectivity index (χ1n) is 9.91. The number of benzene rings is 2. The van der Waals surface area contributed by atoms with E-state index in [0.29, 0.717) is 47.0 Å². The summed E-state index contributed by atoms with van der Waals surface area (Å²) in [6, 6.07) is 14.4. The second kappa shape index (κ2) is 9.26. The number of para-hydroxylation sites is 1. The van der Waals surface area contributed by atoms with Crippen molar-refractivity contribution in [1.82, 2.24) is 9.88 Å². The number of pyridine rings is 1. The molecule has 0 saturated carbocycles. The van der Waals surface area contributed by atoms with Crippen LogP contribution >= 0.6 is 11.8 Å². The summed E-state index contributed by atoms with van der Waals surface area (Å²) >= 11 is 1.85. The third-order valence-corrected chi connectivity index (χ3v) is 6.04. The summed E-state index contributed by atoms with van der Waals surface area (Å²) in [6.07, 6.45) is 0. The molecule has 3 aromatic rings. The highest BCUT2D eigenvalue weighted by Gasteiger charge is 2.22. The first kappa shape index (κ1) is 21.0. The summed E-state index contributed by atoms with van der Waals surface area (Å²) in [4.78, 5) is 31.5. The number of ether oxygens (including phenoxy) is 2. The fourth-order valence-electron chi connectivity index (χ4n) is 3.53. The Kier molecular flexibility index (Phi) is 6.27. The molecule has 1 aliphatic rings. The molecule has 31 heavy (non-hydrogen) atoms. The largest absolute Gasteiger partial charge is 0.494 e. The van der Waals surface area contributed by atoms with E-state index in [-0.39, 0.29) is 5.91 Å². The number of thioether (sulfide) groups is 1. The van der Waals surface area contributed by atoms with Gasteiger partial charge in [-0.1, -0.05) is 18.2 Å². The minimum Gasteiger partial charge on any atom is -0.494 e. The van der Waals surface area contributed by atoms with Gasteiger partial charge >= 0.3 is 5.97 Å². The SMILES string of the molecule is COC(=O)c1cccc(Nc2cc(C(=O)N3CCSCC3)nc3c(OC)cccc23)c1. The molecule has 160 valence electrons. The molecule has 8 heteroatoms. The quantitative estimate of drug-likeness (QED) is 0.605. The minimum absolute atomic E-state index is 0.0977. The van der Waals surface area contributed by atoms with E-state index in [0.717, 1.165) is 16.9 Å². The smallest absolute Gasteiger partial charge is 0.337 e. The van der Waals surface area contributed by atoms with Crippen LogP contribution in [0, 0.1) is 0 Å².